The number of nitrogens with one attached hydrogen (secondary N) is 1. The molecule has 0 bridgehead atoms. The molecule has 7 heteroatoms. The average Bonchev–Trinajstić information content (AvgIpc) is 2.85. The zero-order valence-electron chi connectivity index (χ0n) is 7.60. The molecule has 1 amide bonds. The van der Waals surface area contributed by atoms with Gasteiger partial charge in [-0.15, -0.1) is 0 Å². The zero-order chi connectivity index (χ0) is 10.2. The molecule has 1 saturated heterocycles. The third-order valence-electron chi connectivity index (χ3n) is 2.27. The highest BCUT2D eigenvalue weighted by atomic mass is 32.2. The van der Waals surface area contributed by atoms with Crippen LogP contribution in [-0.4, -0.2) is 38.5 Å². The number of amides is 1. The Morgan fingerprint density at radius 3 is 2.71 bits per heavy atom. The molecule has 2 aliphatic rings. The van der Waals surface area contributed by atoms with Gasteiger partial charge in [0.2, 0.25) is 0 Å². The molecule has 0 unspecified atom stereocenters. The predicted molar refractivity (Wildman–Crippen MR) is 47.7 cm³/mol. The third kappa shape index (κ3) is 1.98. The number of hydrogen-bond donors (Lipinski definition) is 1. The normalized spacial score (nSPS) is 22.6. The van der Waals surface area contributed by atoms with Gasteiger partial charge >= 0.3 is 16.3 Å². The quantitative estimate of drug-likeness (QED) is 0.704. The van der Waals surface area contributed by atoms with Crippen molar-refractivity contribution in [3.8, 4) is 0 Å². The number of nitrogens with zero attached hydrogens (tertiary/aromatic N) is 1. The van der Waals surface area contributed by atoms with Crippen LogP contribution in [0.1, 0.15) is 12.8 Å². The Balaban J connectivity index is 1.95. The Bertz CT molecular complexity index is 336. The molecule has 0 aromatic heterocycles. The van der Waals surface area contributed by atoms with Crippen molar-refractivity contribution in [1.82, 2.24) is 9.03 Å². The maximum absolute atomic E-state index is 11.5. The molecule has 1 N–H and O–H groups in total. The first-order valence-corrected chi connectivity index (χ1v) is 5.98. The standard InChI is InChI=1S/C7H12N2O4S/c10-7-9(3-4-13-7)14(11,12)8-5-6-1-2-6/h6,8H,1-5H2. The molecule has 0 spiro atoms. The van der Waals surface area contributed by atoms with E-state index in [9.17, 15) is 13.2 Å². The van der Waals surface area contributed by atoms with E-state index in [1.54, 1.807) is 0 Å². The molecule has 6 nitrogen and oxygen atoms in total. The van der Waals surface area contributed by atoms with E-state index >= 15 is 0 Å². The summed E-state index contributed by atoms with van der Waals surface area (Å²) in [6.07, 6.45) is 1.34. The summed E-state index contributed by atoms with van der Waals surface area (Å²) in [5.74, 6) is 0.448. The monoisotopic (exact) mass is 220 g/mol. The molecule has 1 aliphatic carbocycles. The lowest BCUT2D eigenvalue weighted by atomic mass is 10.4. The molecule has 0 aromatic carbocycles. The van der Waals surface area contributed by atoms with Gasteiger partial charge in [0.05, 0.1) is 6.54 Å². The minimum absolute atomic E-state index is 0.110. The van der Waals surface area contributed by atoms with Crippen LogP contribution in [0.25, 0.3) is 0 Å². The van der Waals surface area contributed by atoms with Crippen LogP contribution >= 0.6 is 0 Å². The summed E-state index contributed by atoms with van der Waals surface area (Å²) in [5.41, 5.74) is 0. The van der Waals surface area contributed by atoms with Gasteiger partial charge in [-0.2, -0.15) is 17.4 Å². The first-order chi connectivity index (χ1) is 6.59. The van der Waals surface area contributed by atoms with Crippen LogP contribution in [0.15, 0.2) is 0 Å². The molecule has 0 atom stereocenters. The lowest BCUT2D eigenvalue weighted by Gasteiger charge is -2.13. The molecular formula is C7H12N2O4S. The van der Waals surface area contributed by atoms with Crippen molar-refractivity contribution in [3.63, 3.8) is 0 Å². The lowest BCUT2D eigenvalue weighted by Crippen LogP contribution is -2.41. The van der Waals surface area contributed by atoms with Crippen LogP contribution < -0.4 is 4.72 Å². The summed E-state index contributed by atoms with van der Waals surface area (Å²) in [5, 5.41) is 0. The van der Waals surface area contributed by atoms with Gasteiger partial charge in [-0.25, -0.2) is 4.79 Å². The van der Waals surface area contributed by atoms with E-state index in [2.05, 4.69) is 9.46 Å². The van der Waals surface area contributed by atoms with Crippen molar-refractivity contribution < 1.29 is 17.9 Å². The van der Waals surface area contributed by atoms with Crippen molar-refractivity contribution in [2.75, 3.05) is 19.7 Å². The number of carbonyl (C=O) groups is 1. The molecule has 14 heavy (non-hydrogen) atoms. The number of ether oxygens (including phenoxy) is 1. The molecule has 0 aromatic rings. The van der Waals surface area contributed by atoms with E-state index in [0.29, 0.717) is 12.5 Å². The second kappa shape index (κ2) is 3.39. The summed E-state index contributed by atoms with van der Waals surface area (Å²) >= 11 is 0. The van der Waals surface area contributed by atoms with Gasteiger partial charge in [0.15, 0.2) is 0 Å². The topological polar surface area (TPSA) is 75.7 Å². The maximum Gasteiger partial charge on any atom is 0.424 e. The van der Waals surface area contributed by atoms with E-state index < -0.39 is 16.3 Å². The number of hydrogen-bond acceptors (Lipinski definition) is 4. The van der Waals surface area contributed by atoms with Gasteiger partial charge in [0.25, 0.3) is 0 Å². The SMILES string of the molecule is O=C1OCCN1S(=O)(=O)NCC1CC1. The molecule has 80 valence electrons. The van der Waals surface area contributed by atoms with Crippen molar-refractivity contribution in [3.05, 3.63) is 0 Å². The van der Waals surface area contributed by atoms with E-state index in [1.807, 2.05) is 0 Å². The minimum Gasteiger partial charge on any atom is -0.447 e. The summed E-state index contributed by atoms with van der Waals surface area (Å²) < 4.78 is 30.6. The van der Waals surface area contributed by atoms with Crippen molar-refractivity contribution in [1.29, 1.82) is 0 Å². The molecule has 1 aliphatic heterocycles. The number of rotatable bonds is 4. The highest BCUT2D eigenvalue weighted by Crippen LogP contribution is 2.28. The average molecular weight is 220 g/mol. The van der Waals surface area contributed by atoms with Gasteiger partial charge in [-0.1, -0.05) is 0 Å². The molecule has 1 saturated carbocycles. The first-order valence-electron chi connectivity index (χ1n) is 4.54. The minimum atomic E-state index is -3.66. The molecule has 2 fully saturated rings. The third-order valence-corrected chi connectivity index (χ3v) is 3.71. The van der Waals surface area contributed by atoms with Crippen LogP contribution in [0.2, 0.25) is 0 Å². The fourth-order valence-corrected chi connectivity index (χ4v) is 2.39. The Morgan fingerprint density at radius 2 is 2.21 bits per heavy atom. The summed E-state index contributed by atoms with van der Waals surface area (Å²) in [7, 11) is -3.66. The Kier molecular flexibility index (Phi) is 2.36. The van der Waals surface area contributed by atoms with Crippen molar-refractivity contribution >= 4 is 16.3 Å². The van der Waals surface area contributed by atoms with Gasteiger partial charge in [-0.3, -0.25) is 0 Å². The number of cyclic esters (lactones) is 1. The van der Waals surface area contributed by atoms with Crippen LogP contribution in [0.5, 0.6) is 0 Å². The van der Waals surface area contributed by atoms with Crippen molar-refractivity contribution in [2.24, 2.45) is 5.92 Å². The van der Waals surface area contributed by atoms with Crippen LogP contribution in [0, 0.1) is 5.92 Å². The first kappa shape index (κ1) is 9.72. The summed E-state index contributed by atoms with van der Waals surface area (Å²) in [6.45, 7) is 0.675. The summed E-state index contributed by atoms with van der Waals surface area (Å²) in [4.78, 5) is 11.0. The Hall–Kier alpha value is -0.820. The molecule has 1 heterocycles. The van der Waals surface area contributed by atoms with Gasteiger partial charge < -0.3 is 4.74 Å². The highest BCUT2D eigenvalue weighted by Gasteiger charge is 2.34. The van der Waals surface area contributed by atoms with Crippen LogP contribution in [0.4, 0.5) is 4.79 Å². The van der Waals surface area contributed by atoms with Gasteiger partial charge in [0, 0.05) is 6.54 Å². The van der Waals surface area contributed by atoms with E-state index in [-0.39, 0.29) is 13.2 Å². The second-order valence-electron chi connectivity index (χ2n) is 3.48. The Labute approximate surface area is 82.4 Å². The zero-order valence-corrected chi connectivity index (χ0v) is 8.42. The van der Waals surface area contributed by atoms with E-state index in [0.717, 1.165) is 17.1 Å². The van der Waals surface area contributed by atoms with E-state index in [1.165, 1.54) is 0 Å². The van der Waals surface area contributed by atoms with E-state index in [4.69, 9.17) is 0 Å². The van der Waals surface area contributed by atoms with Crippen LogP contribution in [0.3, 0.4) is 0 Å². The smallest absolute Gasteiger partial charge is 0.424 e. The van der Waals surface area contributed by atoms with Crippen LogP contribution in [-0.2, 0) is 14.9 Å². The fraction of sp³-hybridized carbons (Fsp3) is 0.857. The molecule has 2 rings (SSSR count). The predicted octanol–water partition coefficient (Wildman–Crippen LogP) is -0.317. The largest absolute Gasteiger partial charge is 0.447 e. The van der Waals surface area contributed by atoms with Gasteiger partial charge in [0.1, 0.15) is 6.61 Å². The summed E-state index contributed by atoms with van der Waals surface area (Å²) in [6, 6.07) is 0. The van der Waals surface area contributed by atoms with Crippen molar-refractivity contribution in [2.45, 2.75) is 12.8 Å². The number of carbonyl (C=O) groups excluding carboxylic acids is 1. The highest BCUT2D eigenvalue weighted by molar-refractivity contribution is 7.87. The maximum atomic E-state index is 11.5. The van der Waals surface area contributed by atoms with Gasteiger partial charge in [-0.05, 0) is 18.8 Å². The molecule has 0 radical (unpaired) electrons. The second-order valence-corrected chi connectivity index (χ2v) is 5.16. The molecular weight excluding hydrogens is 208 g/mol. The fourth-order valence-electron chi connectivity index (χ4n) is 1.22. The lowest BCUT2D eigenvalue weighted by molar-refractivity contribution is 0.169. The Morgan fingerprint density at radius 1 is 1.50 bits per heavy atom.